The summed E-state index contributed by atoms with van der Waals surface area (Å²) in [4.78, 5) is 0.296. The molecule has 0 N–H and O–H groups in total. The number of ether oxygens (including phenoxy) is 1. The maximum atomic E-state index is 12.1. The van der Waals surface area contributed by atoms with Crippen molar-refractivity contribution >= 4 is 26.0 Å². The summed E-state index contributed by atoms with van der Waals surface area (Å²) in [5.74, 6) is 0. The first-order valence-electron chi connectivity index (χ1n) is 4.83. The summed E-state index contributed by atoms with van der Waals surface area (Å²) < 4.78 is 31.3. The molecule has 1 unspecified atom stereocenters. The van der Waals surface area contributed by atoms with Crippen LogP contribution in [0.4, 0.5) is 0 Å². The maximum Gasteiger partial charge on any atom is 0.242 e. The molecule has 0 saturated carbocycles. The zero-order valence-corrected chi connectivity index (χ0v) is 11.2. The number of hydrogen-bond donors (Lipinski definition) is 0. The fraction of sp³-hybridized carbons (Fsp3) is 0.400. The van der Waals surface area contributed by atoms with E-state index in [2.05, 4.69) is 15.9 Å². The van der Waals surface area contributed by atoms with E-state index in [9.17, 15) is 8.42 Å². The lowest BCUT2D eigenvalue weighted by Crippen LogP contribution is -2.30. The Bertz CT molecular complexity index is 485. The summed E-state index contributed by atoms with van der Waals surface area (Å²) in [7, 11) is -1.83. The summed E-state index contributed by atoms with van der Waals surface area (Å²) in [6.07, 6.45) is 0.0620. The molecule has 1 aliphatic rings. The largest absolute Gasteiger partial charge is 0.372 e. The summed E-state index contributed by atoms with van der Waals surface area (Å²) in [6.45, 7) is 1.06. The summed E-state index contributed by atoms with van der Waals surface area (Å²) in [5.41, 5.74) is 0. The molecule has 6 heteroatoms. The van der Waals surface area contributed by atoms with Gasteiger partial charge in [-0.2, -0.15) is 4.31 Å². The monoisotopic (exact) mass is 305 g/mol. The van der Waals surface area contributed by atoms with Crippen LogP contribution in [0.15, 0.2) is 33.6 Å². The Labute approximate surface area is 103 Å². The van der Waals surface area contributed by atoms with Gasteiger partial charge in [0.15, 0.2) is 0 Å². The lowest BCUT2D eigenvalue weighted by molar-refractivity contribution is 0.359. The molecule has 1 aliphatic heterocycles. The van der Waals surface area contributed by atoms with Crippen LogP contribution < -0.4 is 0 Å². The van der Waals surface area contributed by atoms with Gasteiger partial charge in [0.2, 0.25) is 10.0 Å². The van der Waals surface area contributed by atoms with Gasteiger partial charge in [0.1, 0.15) is 0 Å². The van der Waals surface area contributed by atoms with Gasteiger partial charge in [0, 0.05) is 18.1 Å². The van der Waals surface area contributed by atoms with E-state index in [1.54, 1.807) is 31.3 Å². The van der Waals surface area contributed by atoms with Crippen LogP contribution in [-0.4, -0.2) is 39.0 Å². The molecule has 4 nitrogen and oxygen atoms in total. The van der Waals surface area contributed by atoms with Crippen LogP contribution in [-0.2, 0) is 14.8 Å². The molecule has 1 fully saturated rings. The molecule has 1 aromatic carbocycles. The number of rotatable bonds is 4. The van der Waals surface area contributed by atoms with Crippen LogP contribution in [0.2, 0.25) is 0 Å². The van der Waals surface area contributed by atoms with Crippen LogP contribution in [0, 0.1) is 0 Å². The quantitative estimate of drug-likeness (QED) is 0.792. The van der Waals surface area contributed by atoms with Crippen molar-refractivity contribution in [2.24, 2.45) is 0 Å². The van der Waals surface area contributed by atoms with Crippen LogP contribution >= 0.6 is 15.9 Å². The van der Waals surface area contributed by atoms with Crippen LogP contribution in [0.3, 0.4) is 0 Å². The van der Waals surface area contributed by atoms with E-state index in [0.29, 0.717) is 18.0 Å². The third kappa shape index (κ3) is 2.63. The highest BCUT2D eigenvalue weighted by molar-refractivity contribution is 9.10. The molecule has 0 amide bonds. The predicted octanol–water partition coefficient (Wildman–Crippen LogP) is 1.47. The SMILES string of the molecule is CN(CC1CO1)S(=O)(=O)c1cccc(Br)c1. The molecule has 1 heterocycles. The van der Waals surface area contributed by atoms with E-state index in [1.807, 2.05) is 0 Å². The first-order valence-corrected chi connectivity index (χ1v) is 7.07. The predicted molar refractivity (Wildman–Crippen MR) is 63.7 cm³/mol. The van der Waals surface area contributed by atoms with Crippen LogP contribution in [0.1, 0.15) is 0 Å². The fourth-order valence-electron chi connectivity index (χ4n) is 1.37. The molecule has 88 valence electrons. The molecule has 1 atom stereocenters. The Balaban J connectivity index is 2.23. The Morgan fingerprint density at radius 3 is 2.81 bits per heavy atom. The van der Waals surface area contributed by atoms with Crippen molar-refractivity contribution < 1.29 is 13.2 Å². The topological polar surface area (TPSA) is 49.9 Å². The lowest BCUT2D eigenvalue weighted by atomic mass is 10.4. The first-order chi connectivity index (χ1) is 7.50. The Morgan fingerprint density at radius 1 is 1.56 bits per heavy atom. The van der Waals surface area contributed by atoms with Crippen molar-refractivity contribution in [1.29, 1.82) is 0 Å². The average molecular weight is 306 g/mol. The first kappa shape index (κ1) is 12.0. The van der Waals surface area contributed by atoms with E-state index in [-0.39, 0.29) is 6.10 Å². The number of sulfonamides is 1. The van der Waals surface area contributed by atoms with Crippen molar-refractivity contribution in [3.8, 4) is 0 Å². The second-order valence-corrected chi connectivity index (χ2v) is 6.66. The van der Waals surface area contributed by atoms with Gasteiger partial charge < -0.3 is 4.74 Å². The highest BCUT2D eigenvalue weighted by atomic mass is 79.9. The number of benzene rings is 1. The molecule has 1 aromatic rings. The second-order valence-electron chi connectivity index (χ2n) is 3.70. The molecule has 0 bridgehead atoms. The van der Waals surface area contributed by atoms with Crippen molar-refractivity contribution in [1.82, 2.24) is 4.31 Å². The van der Waals surface area contributed by atoms with E-state index >= 15 is 0 Å². The standard InChI is InChI=1S/C10H12BrNO3S/c1-12(6-9-7-15-9)16(13,14)10-4-2-3-8(11)5-10/h2-5,9H,6-7H2,1H3. The Morgan fingerprint density at radius 2 is 2.25 bits per heavy atom. The minimum atomic E-state index is -3.39. The smallest absolute Gasteiger partial charge is 0.242 e. The number of hydrogen-bond acceptors (Lipinski definition) is 3. The number of nitrogens with zero attached hydrogens (tertiary/aromatic N) is 1. The van der Waals surface area contributed by atoms with Crippen LogP contribution in [0.25, 0.3) is 0 Å². The average Bonchev–Trinajstić information content (AvgIpc) is 3.01. The van der Waals surface area contributed by atoms with E-state index in [1.165, 1.54) is 4.31 Å². The molecule has 0 radical (unpaired) electrons. The molecule has 2 rings (SSSR count). The lowest BCUT2D eigenvalue weighted by Gasteiger charge is -2.15. The van der Waals surface area contributed by atoms with Crippen molar-refractivity contribution in [2.45, 2.75) is 11.0 Å². The molecule has 0 aromatic heterocycles. The van der Waals surface area contributed by atoms with Crippen molar-refractivity contribution in [3.05, 3.63) is 28.7 Å². The minimum absolute atomic E-state index is 0.0620. The molecule has 16 heavy (non-hydrogen) atoms. The second kappa shape index (κ2) is 4.44. The Hall–Kier alpha value is -0.430. The third-order valence-corrected chi connectivity index (χ3v) is 4.68. The fourth-order valence-corrected chi connectivity index (χ4v) is 3.17. The number of epoxide rings is 1. The molecule has 0 spiro atoms. The zero-order valence-electron chi connectivity index (χ0n) is 8.76. The van der Waals surface area contributed by atoms with Gasteiger partial charge in [0.25, 0.3) is 0 Å². The van der Waals surface area contributed by atoms with Crippen molar-refractivity contribution in [2.75, 3.05) is 20.2 Å². The van der Waals surface area contributed by atoms with Crippen LogP contribution in [0.5, 0.6) is 0 Å². The van der Waals surface area contributed by atoms with E-state index < -0.39 is 10.0 Å². The van der Waals surface area contributed by atoms with Gasteiger partial charge in [-0.05, 0) is 18.2 Å². The minimum Gasteiger partial charge on any atom is -0.372 e. The maximum absolute atomic E-state index is 12.1. The van der Waals surface area contributed by atoms with Gasteiger partial charge >= 0.3 is 0 Å². The van der Waals surface area contributed by atoms with Gasteiger partial charge in [-0.1, -0.05) is 22.0 Å². The summed E-state index contributed by atoms with van der Waals surface area (Å²) in [5, 5.41) is 0. The zero-order chi connectivity index (χ0) is 11.8. The van der Waals surface area contributed by atoms with Crippen molar-refractivity contribution in [3.63, 3.8) is 0 Å². The number of halogens is 1. The van der Waals surface area contributed by atoms with Gasteiger partial charge in [-0.15, -0.1) is 0 Å². The highest BCUT2D eigenvalue weighted by Gasteiger charge is 2.30. The third-order valence-electron chi connectivity index (χ3n) is 2.37. The molecular weight excluding hydrogens is 294 g/mol. The summed E-state index contributed by atoms with van der Waals surface area (Å²) >= 11 is 3.26. The van der Waals surface area contributed by atoms with E-state index in [0.717, 1.165) is 4.47 Å². The normalized spacial score (nSPS) is 20.1. The van der Waals surface area contributed by atoms with Gasteiger partial charge in [-0.3, -0.25) is 0 Å². The highest BCUT2D eigenvalue weighted by Crippen LogP contribution is 2.21. The molecule has 0 aliphatic carbocycles. The Kier molecular flexibility index (Phi) is 3.34. The number of likely N-dealkylation sites (N-methyl/N-ethyl adjacent to an activating group) is 1. The summed E-state index contributed by atoms with van der Waals surface area (Å²) in [6, 6.07) is 6.69. The molecule has 1 saturated heterocycles. The molecular formula is C10H12BrNO3S. The van der Waals surface area contributed by atoms with Gasteiger partial charge in [-0.25, -0.2) is 8.42 Å². The van der Waals surface area contributed by atoms with E-state index in [4.69, 9.17) is 4.74 Å². The van der Waals surface area contributed by atoms with Gasteiger partial charge in [0.05, 0.1) is 17.6 Å².